The van der Waals surface area contributed by atoms with Crippen LogP contribution in [0, 0.1) is 17.8 Å². The molecule has 366 valence electrons. The topological polar surface area (TPSA) is 171 Å². The predicted octanol–water partition coefficient (Wildman–Crippen LogP) is 8.63. The minimum atomic E-state index is -2.16. The third-order valence-corrected chi connectivity index (χ3v) is 16.3. The summed E-state index contributed by atoms with van der Waals surface area (Å²) in [4.78, 5) is 29.2. The second kappa shape index (κ2) is 17.8. The van der Waals surface area contributed by atoms with Gasteiger partial charge in [-0.3, -0.25) is 4.79 Å². The number of fused-ring (bicyclic) bond motifs is 7. The highest BCUT2D eigenvalue weighted by atomic mass is 32.2. The number of benzene rings is 2. The number of aliphatic hydroxyl groups excluding tert-OH is 2. The van der Waals surface area contributed by atoms with Gasteiger partial charge in [0, 0.05) is 45.1 Å². The number of carbonyl (C=O) groups is 2. The maximum Gasteiger partial charge on any atom is 0.333 e. The van der Waals surface area contributed by atoms with Gasteiger partial charge in [0.05, 0.1) is 36.2 Å². The van der Waals surface area contributed by atoms with Crippen LogP contribution in [0.4, 0.5) is 5.69 Å². The minimum absolute atomic E-state index is 0.0822. The molecule has 2 saturated heterocycles. The molecule has 0 radical (unpaired) electrons. The molecule has 5 aliphatic heterocycles. The van der Waals surface area contributed by atoms with E-state index in [1.165, 1.54) is 12.7 Å². The Balaban J connectivity index is 1.35. The van der Waals surface area contributed by atoms with Crippen molar-refractivity contribution in [3.63, 3.8) is 0 Å². The van der Waals surface area contributed by atoms with Crippen molar-refractivity contribution in [2.24, 2.45) is 17.8 Å². The number of thioether (sulfide) groups is 1. The van der Waals surface area contributed by atoms with Crippen molar-refractivity contribution < 1.29 is 58.1 Å². The Kier molecular flexibility index (Phi) is 12.7. The Morgan fingerprint density at radius 3 is 2.44 bits per heavy atom. The lowest BCUT2D eigenvalue weighted by Crippen LogP contribution is -2.78. The lowest BCUT2D eigenvalue weighted by molar-refractivity contribution is -0.373. The number of ether oxygens (including phenoxy) is 7. The highest BCUT2D eigenvalue weighted by Crippen LogP contribution is 2.69. The van der Waals surface area contributed by atoms with E-state index in [0.717, 1.165) is 22.6 Å². The standard InChI is InChI=1S/C54H67NO12S/c1-27(2)15-14-22-52(10)23-21-32-43(66-52)31(19-18-28(3)4)45-38(44(32)64-50-42(57)41(56)46-36(63-50)26-62-51(8,9)65-46)40-39-47(68-37-17-13-12-16-35(37)55-40)33-25-34(29(5)6)54(39,67-45)53(60,48(33)58)24-20-30(7)49(59)61-11/h12-13,15-18,20-21,23,29,33-34,36,41-42,46-47,50,55-57,60H,14,19,22,24-26H2,1-11H3/b30-20-/t33?,34?,36-,41-,42-,46-,47?,50+,52?,53?,54?/m1/s1. The number of esters is 1. The van der Waals surface area contributed by atoms with Gasteiger partial charge >= 0.3 is 5.97 Å². The van der Waals surface area contributed by atoms with Gasteiger partial charge in [-0.2, -0.15) is 0 Å². The molecular weight excluding hydrogens is 887 g/mol. The molecule has 2 bridgehead atoms. The normalized spacial score (nSPS) is 33.9. The van der Waals surface area contributed by atoms with E-state index < -0.39 is 76.4 Å². The molecule has 1 spiro atoms. The number of allylic oxidation sites excluding steroid dienone is 4. The quantitative estimate of drug-likeness (QED) is 0.0959. The number of nitrogens with one attached hydrogen (secondary N) is 1. The molecule has 4 N–H and O–H groups in total. The molecule has 10 rings (SSSR count). The van der Waals surface area contributed by atoms with Crippen LogP contribution in [0.15, 0.2) is 75.8 Å². The summed E-state index contributed by atoms with van der Waals surface area (Å²) >= 11 is 1.57. The van der Waals surface area contributed by atoms with Gasteiger partial charge < -0.3 is 53.8 Å². The van der Waals surface area contributed by atoms with E-state index in [0.29, 0.717) is 58.7 Å². The van der Waals surface area contributed by atoms with Crippen molar-refractivity contribution in [2.45, 2.75) is 165 Å². The van der Waals surface area contributed by atoms with E-state index in [-0.39, 0.29) is 36.1 Å². The maximum absolute atomic E-state index is 15.4. The summed E-state index contributed by atoms with van der Waals surface area (Å²) in [7, 11) is 1.30. The van der Waals surface area contributed by atoms with Gasteiger partial charge in [-0.05, 0) is 111 Å². The van der Waals surface area contributed by atoms with Crippen LogP contribution >= 0.6 is 11.8 Å². The zero-order valence-electron chi connectivity index (χ0n) is 41.1. The van der Waals surface area contributed by atoms with Crippen LogP contribution in [0.1, 0.15) is 112 Å². The van der Waals surface area contributed by atoms with Crippen LogP contribution in [-0.2, 0) is 35.0 Å². The molecule has 5 heterocycles. The van der Waals surface area contributed by atoms with Gasteiger partial charge in [0.1, 0.15) is 47.3 Å². The van der Waals surface area contributed by atoms with Crippen molar-refractivity contribution in [2.75, 3.05) is 19.0 Å². The van der Waals surface area contributed by atoms with Crippen LogP contribution in [0.2, 0.25) is 0 Å². The molecule has 3 aliphatic carbocycles. The van der Waals surface area contributed by atoms with Gasteiger partial charge in [-0.1, -0.05) is 55.4 Å². The number of para-hydroxylation sites is 1. The molecule has 2 aromatic carbocycles. The highest BCUT2D eigenvalue weighted by Gasteiger charge is 2.76. The molecule has 0 amide bonds. The second-order valence-electron chi connectivity index (χ2n) is 21.0. The van der Waals surface area contributed by atoms with E-state index >= 15 is 4.79 Å². The third kappa shape index (κ3) is 7.96. The predicted molar refractivity (Wildman–Crippen MR) is 259 cm³/mol. The molecule has 13 nitrogen and oxygen atoms in total. The number of Topliss-reactive ketones (excluding diaryl/α,β-unsaturated/α-hetero) is 1. The van der Waals surface area contributed by atoms with Crippen LogP contribution in [0.25, 0.3) is 11.8 Å². The average Bonchev–Trinajstić information content (AvgIpc) is 3.46. The fourth-order valence-corrected chi connectivity index (χ4v) is 12.8. The first-order valence-electron chi connectivity index (χ1n) is 24.0. The molecule has 2 aromatic rings. The van der Waals surface area contributed by atoms with Crippen molar-refractivity contribution in [3.05, 3.63) is 87.6 Å². The lowest BCUT2D eigenvalue weighted by Gasteiger charge is -2.64. The lowest BCUT2D eigenvalue weighted by atomic mass is 9.47. The monoisotopic (exact) mass is 953 g/mol. The highest BCUT2D eigenvalue weighted by molar-refractivity contribution is 8.00. The van der Waals surface area contributed by atoms with Crippen LogP contribution < -0.4 is 19.5 Å². The van der Waals surface area contributed by atoms with Gasteiger partial charge in [-0.15, -0.1) is 11.8 Å². The minimum Gasteiger partial charge on any atom is -0.482 e. The van der Waals surface area contributed by atoms with E-state index in [9.17, 15) is 20.1 Å². The maximum atomic E-state index is 15.4. The average molecular weight is 954 g/mol. The smallest absolute Gasteiger partial charge is 0.333 e. The number of anilines is 1. The summed E-state index contributed by atoms with van der Waals surface area (Å²) < 4.78 is 45.8. The summed E-state index contributed by atoms with van der Waals surface area (Å²) in [5.41, 5.74) is 1.73. The number of aliphatic hydroxyl groups is 3. The summed E-state index contributed by atoms with van der Waals surface area (Å²) in [5.74, 6) is -1.96. The SMILES string of the molecule is COC(=O)/C(C)=C\CC1(O)C(=O)C2CC(C(C)C)C13Oc1c(CC=C(C)C)c4c(c(O[C@@H]5O[C@@H]6COC(C)(C)O[C@H]6[C@H](O)[C@H]5O)c1C1=C3C2Sc2ccccc2N1)C=CC(C)(CCC=C(C)C)O4. The molecule has 68 heavy (non-hydrogen) atoms. The molecule has 8 aliphatic rings. The van der Waals surface area contributed by atoms with E-state index in [2.05, 4.69) is 45.2 Å². The Morgan fingerprint density at radius 1 is 1.00 bits per heavy atom. The first-order valence-corrected chi connectivity index (χ1v) is 24.9. The Hall–Kier alpha value is -4.41. The zero-order valence-corrected chi connectivity index (χ0v) is 41.9. The van der Waals surface area contributed by atoms with E-state index in [4.69, 9.17) is 33.2 Å². The Morgan fingerprint density at radius 2 is 1.74 bits per heavy atom. The number of carbonyl (C=O) groups excluding carboxylic acids is 2. The zero-order chi connectivity index (χ0) is 48.8. The molecule has 14 heteroatoms. The number of methoxy groups -OCH3 is 1. The van der Waals surface area contributed by atoms with E-state index in [1.807, 2.05) is 57.2 Å². The number of hydrogen-bond acceptors (Lipinski definition) is 14. The van der Waals surface area contributed by atoms with Crippen molar-refractivity contribution in [1.29, 1.82) is 0 Å². The first kappa shape index (κ1) is 48.6. The van der Waals surface area contributed by atoms with Gasteiger partial charge in [0.25, 0.3) is 0 Å². The van der Waals surface area contributed by atoms with Crippen LogP contribution in [0.5, 0.6) is 17.2 Å². The molecule has 3 saturated carbocycles. The molecular formula is C54H67NO12S. The summed E-state index contributed by atoms with van der Waals surface area (Å²) in [6.45, 7) is 19.6. The largest absolute Gasteiger partial charge is 0.482 e. The van der Waals surface area contributed by atoms with Crippen molar-refractivity contribution in [1.82, 2.24) is 0 Å². The van der Waals surface area contributed by atoms with Gasteiger partial charge in [0.2, 0.25) is 6.29 Å². The fraction of sp³-hybridized carbons (Fsp3) is 0.556. The molecule has 0 aromatic heterocycles. The Bertz CT molecular complexity index is 2550. The summed E-state index contributed by atoms with van der Waals surface area (Å²) in [5, 5.41) is 40.7. The number of hydrogen-bond donors (Lipinski definition) is 4. The number of ketones is 1. The van der Waals surface area contributed by atoms with Gasteiger partial charge in [0.15, 0.2) is 22.8 Å². The Labute approximate surface area is 404 Å². The van der Waals surface area contributed by atoms with Crippen molar-refractivity contribution >= 4 is 41.0 Å². The van der Waals surface area contributed by atoms with Crippen LogP contribution in [-0.4, -0.2) is 99.3 Å². The fourth-order valence-electron chi connectivity index (χ4n) is 11.4. The second-order valence-corrected chi connectivity index (χ2v) is 22.2. The van der Waals surface area contributed by atoms with Crippen molar-refractivity contribution in [3.8, 4) is 17.2 Å². The summed E-state index contributed by atoms with van der Waals surface area (Å²) in [6.07, 6.45) is 5.84. The summed E-state index contributed by atoms with van der Waals surface area (Å²) in [6, 6.07) is 7.94. The molecule has 6 unspecified atom stereocenters. The number of rotatable bonds is 11. The molecule has 5 fully saturated rings. The molecule has 11 atom stereocenters. The van der Waals surface area contributed by atoms with E-state index in [1.54, 1.807) is 38.6 Å². The van der Waals surface area contributed by atoms with Gasteiger partial charge in [-0.25, -0.2) is 4.79 Å². The van der Waals surface area contributed by atoms with Crippen LogP contribution in [0.3, 0.4) is 0 Å². The third-order valence-electron chi connectivity index (χ3n) is 14.9. The first-order chi connectivity index (χ1) is 32.1.